The SMILES string of the molecule is CC[SiH2]CC(C)=C(C)c1ccccc1. The van der Waals surface area contributed by atoms with Crippen LogP contribution in [-0.4, -0.2) is 9.52 Å². The van der Waals surface area contributed by atoms with Crippen molar-refractivity contribution in [2.75, 3.05) is 0 Å². The highest BCUT2D eigenvalue weighted by molar-refractivity contribution is 6.36. The van der Waals surface area contributed by atoms with Crippen LogP contribution in [-0.2, 0) is 0 Å². The highest BCUT2D eigenvalue weighted by Gasteiger charge is 1.99. The van der Waals surface area contributed by atoms with Crippen LogP contribution in [0.2, 0.25) is 12.1 Å². The van der Waals surface area contributed by atoms with E-state index in [1.807, 2.05) is 0 Å². The Morgan fingerprint density at radius 3 is 2.36 bits per heavy atom. The van der Waals surface area contributed by atoms with Gasteiger partial charge in [-0.2, -0.15) is 0 Å². The van der Waals surface area contributed by atoms with Crippen molar-refractivity contribution in [3.05, 3.63) is 41.5 Å². The van der Waals surface area contributed by atoms with Gasteiger partial charge in [-0.15, -0.1) is 0 Å². The lowest BCUT2D eigenvalue weighted by atomic mass is 10.0. The summed E-state index contributed by atoms with van der Waals surface area (Å²) in [7, 11) is 0.169. The van der Waals surface area contributed by atoms with Gasteiger partial charge in [0.1, 0.15) is 0 Å². The van der Waals surface area contributed by atoms with Crippen molar-refractivity contribution in [2.24, 2.45) is 0 Å². The number of hydrogen-bond acceptors (Lipinski definition) is 0. The van der Waals surface area contributed by atoms with Crippen molar-refractivity contribution in [1.82, 2.24) is 0 Å². The van der Waals surface area contributed by atoms with Gasteiger partial charge < -0.3 is 0 Å². The quantitative estimate of drug-likeness (QED) is 0.658. The Morgan fingerprint density at radius 2 is 1.79 bits per heavy atom. The molecule has 0 saturated heterocycles. The van der Waals surface area contributed by atoms with Gasteiger partial charge in [-0.25, -0.2) is 0 Å². The minimum Gasteiger partial charge on any atom is -0.0730 e. The zero-order valence-corrected chi connectivity index (χ0v) is 10.9. The molecular weight excluding hydrogens is 184 g/mol. The summed E-state index contributed by atoms with van der Waals surface area (Å²) < 4.78 is 0. The van der Waals surface area contributed by atoms with Crippen LogP contribution in [0.25, 0.3) is 5.57 Å². The Hall–Kier alpha value is -0.823. The van der Waals surface area contributed by atoms with Gasteiger partial charge in [-0.3, -0.25) is 0 Å². The number of hydrogen-bond donors (Lipinski definition) is 0. The van der Waals surface area contributed by atoms with E-state index in [0.717, 1.165) is 0 Å². The summed E-state index contributed by atoms with van der Waals surface area (Å²) in [4.78, 5) is 0. The first-order valence-electron chi connectivity index (χ1n) is 5.47. The fraction of sp³-hybridized carbons (Fsp3) is 0.385. The van der Waals surface area contributed by atoms with Gasteiger partial charge in [-0.05, 0) is 31.0 Å². The van der Waals surface area contributed by atoms with E-state index < -0.39 is 0 Å². The first-order valence-corrected chi connectivity index (χ1v) is 7.47. The normalized spacial score (nSPS) is 13.4. The molecule has 0 saturated carbocycles. The lowest BCUT2D eigenvalue weighted by Gasteiger charge is -2.07. The maximum atomic E-state index is 2.30. The molecule has 0 aliphatic carbocycles. The molecular formula is C13H20Si. The summed E-state index contributed by atoms with van der Waals surface area (Å²) in [5, 5.41) is 0. The molecule has 0 N–H and O–H groups in total. The van der Waals surface area contributed by atoms with E-state index in [2.05, 4.69) is 51.1 Å². The summed E-state index contributed by atoms with van der Waals surface area (Å²) in [6.45, 7) is 6.83. The average Bonchev–Trinajstić information content (AvgIpc) is 2.26. The summed E-state index contributed by atoms with van der Waals surface area (Å²) >= 11 is 0. The minimum absolute atomic E-state index is 0.169. The fourth-order valence-electron chi connectivity index (χ4n) is 1.56. The molecule has 0 aliphatic rings. The third kappa shape index (κ3) is 3.15. The smallest absolute Gasteiger partial charge is 0.0241 e. The standard InChI is InChI=1S/C13H20Si/c1-4-14-10-11(2)12(3)13-8-6-5-7-9-13/h5-9H,4,10,14H2,1-3H3. The first kappa shape index (κ1) is 11.3. The molecule has 0 aliphatic heterocycles. The molecule has 1 aromatic rings. The topological polar surface area (TPSA) is 0 Å². The Morgan fingerprint density at radius 1 is 1.14 bits per heavy atom. The number of allylic oxidation sites excluding steroid dienone is 2. The molecule has 0 heterocycles. The monoisotopic (exact) mass is 204 g/mol. The van der Waals surface area contributed by atoms with Crippen molar-refractivity contribution in [1.29, 1.82) is 0 Å². The van der Waals surface area contributed by atoms with E-state index in [4.69, 9.17) is 0 Å². The van der Waals surface area contributed by atoms with Crippen LogP contribution in [0.5, 0.6) is 0 Å². The molecule has 0 radical (unpaired) electrons. The second-order valence-electron chi connectivity index (χ2n) is 3.87. The van der Waals surface area contributed by atoms with Gasteiger partial charge in [0.25, 0.3) is 0 Å². The minimum atomic E-state index is 0.169. The predicted octanol–water partition coefficient (Wildman–Crippen LogP) is 3.51. The van der Waals surface area contributed by atoms with E-state index in [-0.39, 0.29) is 9.52 Å². The van der Waals surface area contributed by atoms with Crippen LogP contribution in [0.4, 0.5) is 0 Å². The zero-order chi connectivity index (χ0) is 10.4. The molecule has 14 heavy (non-hydrogen) atoms. The third-order valence-electron chi connectivity index (χ3n) is 2.75. The summed E-state index contributed by atoms with van der Waals surface area (Å²) in [6.07, 6.45) is 0. The van der Waals surface area contributed by atoms with Gasteiger partial charge in [0, 0.05) is 9.52 Å². The molecule has 0 nitrogen and oxygen atoms in total. The fourth-order valence-corrected chi connectivity index (χ4v) is 2.82. The summed E-state index contributed by atoms with van der Waals surface area (Å²) in [5.74, 6) is 0. The van der Waals surface area contributed by atoms with Gasteiger partial charge >= 0.3 is 0 Å². The Balaban J connectivity index is 2.77. The van der Waals surface area contributed by atoms with Crippen molar-refractivity contribution in [2.45, 2.75) is 32.9 Å². The molecule has 0 amide bonds. The van der Waals surface area contributed by atoms with E-state index in [9.17, 15) is 0 Å². The highest BCUT2D eigenvalue weighted by atomic mass is 28.2. The lowest BCUT2D eigenvalue weighted by molar-refractivity contribution is 1.31. The van der Waals surface area contributed by atoms with Crippen LogP contribution in [0.3, 0.4) is 0 Å². The van der Waals surface area contributed by atoms with Crippen molar-refractivity contribution in [3.8, 4) is 0 Å². The predicted molar refractivity (Wildman–Crippen MR) is 68.5 cm³/mol. The van der Waals surface area contributed by atoms with Gasteiger partial charge in [0.05, 0.1) is 0 Å². The molecule has 76 valence electrons. The largest absolute Gasteiger partial charge is 0.0730 e. The second-order valence-corrected chi connectivity index (χ2v) is 6.08. The summed E-state index contributed by atoms with van der Waals surface area (Å²) in [5.41, 5.74) is 4.45. The van der Waals surface area contributed by atoms with Gasteiger partial charge in [0.2, 0.25) is 0 Å². The summed E-state index contributed by atoms with van der Waals surface area (Å²) in [6, 6.07) is 13.5. The van der Waals surface area contributed by atoms with Crippen LogP contribution in [0, 0.1) is 0 Å². The van der Waals surface area contributed by atoms with E-state index in [1.165, 1.54) is 23.2 Å². The number of benzene rings is 1. The highest BCUT2D eigenvalue weighted by Crippen LogP contribution is 2.19. The maximum Gasteiger partial charge on any atom is 0.0241 e. The average molecular weight is 204 g/mol. The van der Waals surface area contributed by atoms with Crippen molar-refractivity contribution >= 4 is 15.1 Å². The van der Waals surface area contributed by atoms with E-state index in [1.54, 1.807) is 5.57 Å². The zero-order valence-electron chi connectivity index (χ0n) is 9.51. The van der Waals surface area contributed by atoms with Crippen LogP contribution in [0.15, 0.2) is 35.9 Å². The Labute approximate surface area is 89.9 Å². The Bertz CT molecular complexity index is 298. The van der Waals surface area contributed by atoms with Crippen molar-refractivity contribution in [3.63, 3.8) is 0 Å². The Kier molecular flexibility index (Phi) is 4.67. The van der Waals surface area contributed by atoms with Crippen LogP contribution >= 0.6 is 0 Å². The second kappa shape index (κ2) is 5.81. The first-order chi connectivity index (χ1) is 6.75. The molecule has 1 heteroatoms. The van der Waals surface area contributed by atoms with Gasteiger partial charge in [0.15, 0.2) is 0 Å². The van der Waals surface area contributed by atoms with Crippen LogP contribution in [0.1, 0.15) is 26.3 Å². The van der Waals surface area contributed by atoms with E-state index >= 15 is 0 Å². The number of rotatable bonds is 4. The molecule has 0 fully saturated rings. The van der Waals surface area contributed by atoms with Gasteiger partial charge in [-0.1, -0.05) is 48.9 Å². The molecule has 0 aromatic heterocycles. The maximum absolute atomic E-state index is 2.30. The van der Waals surface area contributed by atoms with Crippen LogP contribution < -0.4 is 0 Å². The van der Waals surface area contributed by atoms with E-state index in [0.29, 0.717) is 0 Å². The molecule has 1 rings (SSSR count). The molecule has 0 spiro atoms. The molecule has 1 aromatic carbocycles. The lowest BCUT2D eigenvalue weighted by Crippen LogP contribution is -1.90. The molecule has 0 bridgehead atoms. The molecule has 0 atom stereocenters. The molecule has 0 unspecified atom stereocenters. The van der Waals surface area contributed by atoms with Crippen molar-refractivity contribution < 1.29 is 0 Å². The third-order valence-corrected chi connectivity index (χ3v) is 4.56.